The zero-order valence-electron chi connectivity index (χ0n) is 14.1. The molecule has 1 aromatic heterocycles. The predicted octanol–water partition coefficient (Wildman–Crippen LogP) is 0.673. The highest BCUT2D eigenvalue weighted by Gasteiger charge is 2.34. The van der Waals surface area contributed by atoms with Gasteiger partial charge in [0.05, 0.1) is 12.5 Å². The molecule has 0 radical (unpaired) electrons. The highest BCUT2D eigenvalue weighted by atomic mass is 32.2. The Kier molecular flexibility index (Phi) is 6.55. The first-order valence-electron chi connectivity index (χ1n) is 7.85. The Balaban J connectivity index is 2.00. The van der Waals surface area contributed by atoms with Crippen molar-refractivity contribution >= 4 is 33.2 Å². The topological polar surface area (TPSA) is 113 Å². The first kappa shape index (κ1) is 19.8. The minimum atomic E-state index is -3.60. The monoisotopic (exact) mass is 390 g/mol. The maximum atomic E-state index is 12.7. The third-order valence-electron chi connectivity index (χ3n) is 4.09. The van der Waals surface area contributed by atoms with Gasteiger partial charge in [0.25, 0.3) is 10.0 Å². The summed E-state index contributed by atoms with van der Waals surface area (Å²) in [6.45, 7) is 2.15. The maximum Gasteiger partial charge on any atom is 0.334 e. The van der Waals surface area contributed by atoms with Crippen molar-refractivity contribution in [3.8, 4) is 0 Å². The van der Waals surface area contributed by atoms with Crippen LogP contribution in [-0.2, 0) is 24.3 Å². The summed E-state index contributed by atoms with van der Waals surface area (Å²) in [6, 6.07) is 3.33. The van der Waals surface area contributed by atoms with Gasteiger partial charge in [-0.2, -0.15) is 4.31 Å². The molecule has 140 valence electrons. The summed E-state index contributed by atoms with van der Waals surface area (Å²) in [6.07, 6.45) is 0.0156. The molecule has 2 atom stereocenters. The standard InChI is InChI=1S/C15H22N2O6S2/c1-10-5-6-13(24-10)25(21,22)17-7-3-4-11(9-17)14(18)16-8-12(23-2)15(19)20/h5-6,11-12H,3-4,7-9H2,1-2H3,(H,16,18)(H,19,20). The molecule has 2 unspecified atom stereocenters. The van der Waals surface area contributed by atoms with Crippen LogP contribution >= 0.6 is 11.3 Å². The summed E-state index contributed by atoms with van der Waals surface area (Å²) < 4.78 is 31.7. The number of sulfonamides is 1. The number of ether oxygens (including phenoxy) is 1. The molecule has 1 aromatic rings. The zero-order valence-corrected chi connectivity index (χ0v) is 15.7. The van der Waals surface area contributed by atoms with E-state index in [1.165, 1.54) is 22.8 Å². The van der Waals surface area contributed by atoms with E-state index in [0.717, 1.165) is 4.88 Å². The van der Waals surface area contributed by atoms with Gasteiger partial charge < -0.3 is 15.2 Å². The van der Waals surface area contributed by atoms with Crippen LogP contribution in [0.2, 0.25) is 0 Å². The second-order valence-electron chi connectivity index (χ2n) is 5.88. The summed E-state index contributed by atoms with van der Waals surface area (Å²) >= 11 is 1.21. The van der Waals surface area contributed by atoms with Crippen LogP contribution in [-0.4, -0.2) is 62.6 Å². The van der Waals surface area contributed by atoms with E-state index in [9.17, 15) is 18.0 Å². The van der Waals surface area contributed by atoms with Crippen molar-refractivity contribution in [3.63, 3.8) is 0 Å². The Morgan fingerprint density at radius 2 is 2.20 bits per heavy atom. The molecule has 1 aliphatic rings. The first-order valence-corrected chi connectivity index (χ1v) is 10.1. The summed E-state index contributed by atoms with van der Waals surface area (Å²) in [5, 5.41) is 11.4. The number of nitrogens with zero attached hydrogens (tertiary/aromatic N) is 1. The van der Waals surface area contributed by atoms with Gasteiger partial charge in [-0.05, 0) is 31.9 Å². The molecule has 10 heteroatoms. The second-order valence-corrected chi connectivity index (χ2v) is 9.33. The highest BCUT2D eigenvalue weighted by Crippen LogP contribution is 2.28. The number of carboxylic acids is 1. The largest absolute Gasteiger partial charge is 0.479 e. The molecule has 2 N–H and O–H groups in total. The SMILES string of the molecule is COC(CNC(=O)C1CCCN(S(=O)(=O)c2ccc(C)s2)C1)C(=O)O. The summed E-state index contributed by atoms with van der Waals surface area (Å²) in [7, 11) is -2.35. The average Bonchev–Trinajstić information content (AvgIpc) is 3.02. The molecule has 2 rings (SSSR count). The fraction of sp³-hybridized carbons (Fsp3) is 0.600. The van der Waals surface area contributed by atoms with Crippen molar-refractivity contribution < 1.29 is 27.9 Å². The average molecular weight is 390 g/mol. The number of carboxylic acid groups (broad SMARTS) is 1. The summed E-state index contributed by atoms with van der Waals surface area (Å²) in [5.74, 6) is -2.02. The van der Waals surface area contributed by atoms with Crippen LogP contribution in [0.15, 0.2) is 16.3 Å². The van der Waals surface area contributed by atoms with Crippen LogP contribution in [0, 0.1) is 12.8 Å². The van der Waals surface area contributed by atoms with Crippen LogP contribution in [0.4, 0.5) is 0 Å². The van der Waals surface area contributed by atoms with Crippen LogP contribution in [0.25, 0.3) is 0 Å². The number of aliphatic carboxylic acids is 1. The molecule has 8 nitrogen and oxygen atoms in total. The Morgan fingerprint density at radius 3 is 2.76 bits per heavy atom. The smallest absolute Gasteiger partial charge is 0.334 e. The molecule has 0 aromatic carbocycles. The van der Waals surface area contributed by atoms with Crippen LogP contribution < -0.4 is 5.32 Å². The molecule has 1 saturated heterocycles. The van der Waals surface area contributed by atoms with Crippen molar-refractivity contribution in [1.29, 1.82) is 0 Å². The Labute approximate surface area is 150 Å². The van der Waals surface area contributed by atoms with Crippen molar-refractivity contribution in [2.75, 3.05) is 26.7 Å². The fourth-order valence-corrected chi connectivity index (χ4v) is 5.62. The molecule has 1 amide bonds. The number of methoxy groups -OCH3 is 1. The zero-order chi connectivity index (χ0) is 18.6. The molecule has 1 fully saturated rings. The second kappa shape index (κ2) is 8.26. The van der Waals surface area contributed by atoms with Gasteiger partial charge in [-0.1, -0.05) is 0 Å². The number of carbonyl (C=O) groups is 2. The lowest BCUT2D eigenvalue weighted by Gasteiger charge is -2.31. The molecule has 0 saturated carbocycles. The van der Waals surface area contributed by atoms with E-state index in [-0.39, 0.29) is 23.2 Å². The molecule has 25 heavy (non-hydrogen) atoms. The number of hydrogen-bond acceptors (Lipinski definition) is 6. The van der Waals surface area contributed by atoms with Gasteiger partial charge in [0.1, 0.15) is 4.21 Å². The van der Waals surface area contributed by atoms with Crippen molar-refractivity contribution in [1.82, 2.24) is 9.62 Å². The van der Waals surface area contributed by atoms with Crippen LogP contribution in [0.1, 0.15) is 17.7 Å². The van der Waals surface area contributed by atoms with E-state index in [2.05, 4.69) is 5.32 Å². The van der Waals surface area contributed by atoms with Crippen molar-refractivity contribution in [3.05, 3.63) is 17.0 Å². The number of thiophene rings is 1. The van der Waals surface area contributed by atoms with E-state index in [1.807, 2.05) is 6.92 Å². The minimum Gasteiger partial charge on any atom is -0.479 e. The number of aryl methyl sites for hydroxylation is 1. The lowest BCUT2D eigenvalue weighted by molar-refractivity contribution is -0.148. The van der Waals surface area contributed by atoms with Crippen LogP contribution in [0.5, 0.6) is 0 Å². The van der Waals surface area contributed by atoms with Crippen molar-refractivity contribution in [2.24, 2.45) is 5.92 Å². The third kappa shape index (κ3) is 4.78. The number of carbonyl (C=O) groups excluding carboxylic acids is 1. The van der Waals surface area contributed by atoms with E-state index in [0.29, 0.717) is 19.4 Å². The Morgan fingerprint density at radius 1 is 1.48 bits per heavy atom. The van der Waals surface area contributed by atoms with Crippen molar-refractivity contribution in [2.45, 2.75) is 30.1 Å². The Bertz CT molecular complexity index is 730. The summed E-state index contributed by atoms with van der Waals surface area (Å²) in [4.78, 5) is 24.1. The first-order chi connectivity index (χ1) is 11.8. The van der Waals surface area contributed by atoms with Gasteiger partial charge in [0.2, 0.25) is 5.91 Å². The minimum absolute atomic E-state index is 0.0931. The molecular weight excluding hydrogens is 368 g/mol. The normalized spacial score (nSPS) is 20.2. The van der Waals surface area contributed by atoms with E-state index >= 15 is 0 Å². The number of piperidine rings is 1. The molecule has 1 aliphatic heterocycles. The molecule has 0 bridgehead atoms. The number of amides is 1. The summed E-state index contributed by atoms with van der Waals surface area (Å²) in [5.41, 5.74) is 0. The lowest BCUT2D eigenvalue weighted by atomic mass is 9.99. The molecule has 2 heterocycles. The van der Waals surface area contributed by atoms with Gasteiger partial charge in [0, 0.05) is 25.1 Å². The molecule has 0 aliphatic carbocycles. The van der Waals surface area contributed by atoms with E-state index in [4.69, 9.17) is 9.84 Å². The van der Waals surface area contributed by atoms with Gasteiger partial charge >= 0.3 is 5.97 Å². The lowest BCUT2D eigenvalue weighted by Crippen LogP contribution is -2.47. The number of nitrogens with one attached hydrogen (secondary N) is 1. The third-order valence-corrected chi connectivity index (χ3v) is 7.42. The number of hydrogen-bond donors (Lipinski definition) is 2. The Hall–Kier alpha value is -1.49. The van der Waals surface area contributed by atoms with Gasteiger partial charge in [-0.15, -0.1) is 11.3 Å². The van der Waals surface area contributed by atoms with Crippen LogP contribution in [0.3, 0.4) is 0 Å². The fourth-order valence-electron chi connectivity index (χ4n) is 2.66. The predicted molar refractivity (Wildman–Crippen MR) is 92.0 cm³/mol. The van der Waals surface area contributed by atoms with Gasteiger partial charge in [0.15, 0.2) is 6.10 Å². The van der Waals surface area contributed by atoms with Gasteiger partial charge in [-0.3, -0.25) is 4.79 Å². The maximum absolute atomic E-state index is 12.7. The highest BCUT2D eigenvalue weighted by molar-refractivity contribution is 7.91. The molecular formula is C15H22N2O6S2. The van der Waals surface area contributed by atoms with E-state index < -0.39 is 28.0 Å². The quantitative estimate of drug-likeness (QED) is 0.708. The number of rotatable bonds is 7. The molecule has 0 spiro atoms. The van der Waals surface area contributed by atoms with E-state index in [1.54, 1.807) is 12.1 Å². The van der Waals surface area contributed by atoms with Gasteiger partial charge in [-0.25, -0.2) is 13.2 Å².